The summed E-state index contributed by atoms with van der Waals surface area (Å²) < 4.78 is 0. The molecule has 3 aliphatic rings. The van der Waals surface area contributed by atoms with Crippen molar-refractivity contribution >= 4 is 28.2 Å². The topological polar surface area (TPSA) is 62.3 Å². The molecule has 1 unspecified atom stereocenters. The molecular weight excluding hydrogens is 346 g/mol. The van der Waals surface area contributed by atoms with Crippen LogP contribution in [0.25, 0.3) is 0 Å². The summed E-state index contributed by atoms with van der Waals surface area (Å²) >= 11 is 1.44. The molecule has 0 radical (unpaired) electrons. The number of anilines is 1. The van der Waals surface area contributed by atoms with Crippen molar-refractivity contribution in [3.05, 3.63) is 35.5 Å². The maximum Gasteiger partial charge on any atom is 0.248 e. The Morgan fingerprint density at radius 2 is 2.19 bits per heavy atom. The molecule has 1 saturated carbocycles. The van der Waals surface area contributed by atoms with Crippen molar-refractivity contribution in [2.75, 3.05) is 11.9 Å². The maximum absolute atomic E-state index is 13.0. The van der Waals surface area contributed by atoms with Crippen molar-refractivity contribution in [1.29, 1.82) is 0 Å². The summed E-state index contributed by atoms with van der Waals surface area (Å²) in [5.74, 6) is 0.778. The highest BCUT2D eigenvalue weighted by Crippen LogP contribution is 2.34. The Morgan fingerprint density at radius 1 is 1.35 bits per heavy atom. The number of aromatic nitrogens is 1. The third kappa shape index (κ3) is 3.75. The minimum Gasteiger partial charge on any atom is -0.364 e. The molecular formula is C20H25N3O2S. The van der Waals surface area contributed by atoms with Gasteiger partial charge in [-0.05, 0) is 17.9 Å². The first-order valence-electron chi connectivity index (χ1n) is 9.58. The Kier molecular flexibility index (Phi) is 5.20. The Labute approximate surface area is 158 Å². The third-order valence-corrected chi connectivity index (χ3v) is 6.46. The lowest BCUT2D eigenvalue weighted by molar-refractivity contribution is -0.123. The standard InChI is InChI=1S/C20H25N3O2S/c24-18-8-4-7-15-12-23(13-16(15)18)17(11-14-5-2-1-3-6-14)19(25)22-20-21-9-10-26-20/h4,7,9-10,12,14,16-17H,1-3,5-6,8,11,13H2,(H,21,22,25)/t16?,17-/m1/s1. The third-order valence-electron chi connectivity index (χ3n) is 5.78. The molecule has 1 aromatic rings. The number of hydrogen-bond acceptors (Lipinski definition) is 5. The van der Waals surface area contributed by atoms with Crippen LogP contribution in [0.2, 0.25) is 0 Å². The number of nitrogens with one attached hydrogen (secondary N) is 1. The molecule has 2 heterocycles. The SMILES string of the molecule is O=C1CC=CC2=CN([C@H](CC3CCCCC3)C(=O)Nc3nccs3)CC12. The molecule has 0 saturated heterocycles. The summed E-state index contributed by atoms with van der Waals surface area (Å²) in [5, 5.41) is 5.48. The Bertz CT molecular complexity index is 719. The Morgan fingerprint density at radius 3 is 2.92 bits per heavy atom. The van der Waals surface area contributed by atoms with Gasteiger partial charge in [0.1, 0.15) is 11.8 Å². The van der Waals surface area contributed by atoms with Crippen molar-refractivity contribution < 1.29 is 9.59 Å². The number of fused-ring (bicyclic) bond motifs is 1. The zero-order valence-corrected chi connectivity index (χ0v) is 15.7. The molecule has 0 spiro atoms. The van der Waals surface area contributed by atoms with E-state index in [1.54, 1.807) is 6.20 Å². The molecule has 26 heavy (non-hydrogen) atoms. The number of ketones is 1. The second kappa shape index (κ2) is 7.74. The number of carbonyl (C=O) groups is 2. The summed E-state index contributed by atoms with van der Waals surface area (Å²) in [6, 6.07) is -0.235. The predicted molar refractivity (Wildman–Crippen MR) is 103 cm³/mol. The largest absolute Gasteiger partial charge is 0.364 e. The zero-order chi connectivity index (χ0) is 17.9. The van der Waals surface area contributed by atoms with Crippen molar-refractivity contribution in [3.8, 4) is 0 Å². The van der Waals surface area contributed by atoms with Crippen LogP contribution < -0.4 is 5.32 Å². The van der Waals surface area contributed by atoms with Gasteiger partial charge in [0.15, 0.2) is 5.13 Å². The zero-order valence-electron chi connectivity index (χ0n) is 14.9. The number of thiazole rings is 1. The van der Waals surface area contributed by atoms with E-state index >= 15 is 0 Å². The second-order valence-corrected chi connectivity index (χ2v) is 8.43. The lowest BCUT2D eigenvalue weighted by Gasteiger charge is -2.32. The predicted octanol–water partition coefficient (Wildman–Crippen LogP) is 3.77. The van der Waals surface area contributed by atoms with Gasteiger partial charge in [0.25, 0.3) is 0 Å². The minimum absolute atomic E-state index is 0.00236. The van der Waals surface area contributed by atoms with Crippen LogP contribution in [0.4, 0.5) is 5.13 Å². The summed E-state index contributed by atoms with van der Waals surface area (Å²) in [5.41, 5.74) is 1.05. The van der Waals surface area contributed by atoms with E-state index in [-0.39, 0.29) is 23.7 Å². The van der Waals surface area contributed by atoms with E-state index in [2.05, 4.69) is 15.2 Å². The van der Waals surface area contributed by atoms with Gasteiger partial charge in [0, 0.05) is 30.7 Å². The number of hydrogen-bond donors (Lipinski definition) is 1. The van der Waals surface area contributed by atoms with Gasteiger partial charge in [0.05, 0.1) is 5.92 Å². The van der Waals surface area contributed by atoms with Gasteiger partial charge >= 0.3 is 0 Å². The van der Waals surface area contributed by atoms with Crippen LogP contribution in [0.1, 0.15) is 44.9 Å². The first-order chi connectivity index (χ1) is 12.7. The smallest absolute Gasteiger partial charge is 0.248 e. The van der Waals surface area contributed by atoms with E-state index in [0.717, 1.165) is 12.0 Å². The summed E-state index contributed by atoms with van der Waals surface area (Å²) in [6.07, 6.45) is 15.3. The average Bonchev–Trinajstić information content (AvgIpc) is 3.30. The molecule has 4 rings (SSSR count). The molecule has 1 amide bonds. The van der Waals surface area contributed by atoms with Crippen molar-refractivity contribution in [1.82, 2.24) is 9.88 Å². The fraction of sp³-hybridized carbons (Fsp3) is 0.550. The van der Waals surface area contributed by atoms with E-state index in [4.69, 9.17) is 0 Å². The lowest BCUT2D eigenvalue weighted by Crippen LogP contribution is -2.43. The van der Waals surface area contributed by atoms with Crippen LogP contribution in [0.15, 0.2) is 35.5 Å². The Balaban J connectivity index is 1.52. The van der Waals surface area contributed by atoms with Crippen LogP contribution in [0.5, 0.6) is 0 Å². The van der Waals surface area contributed by atoms with Gasteiger partial charge in [-0.1, -0.05) is 44.3 Å². The van der Waals surface area contributed by atoms with Gasteiger partial charge in [-0.3, -0.25) is 9.59 Å². The fourth-order valence-electron chi connectivity index (χ4n) is 4.37. The first kappa shape index (κ1) is 17.5. The van der Waals surface area contributed by atoms with E-state index in [1.807, 2.05) is 23.7 Å². The number of rotatable bonds is 5. The molecule has 2 aliphatic carbocycles. The Hall–Kier alpha value is -1.95. The number of amides is 1. The van der Waals surface area contributed by atoms with Gasteiger partial charge in [-0.2, -0.15) is 0 Å². The van der Waals surface area contributed by atoms with Crippen LogP contribution in [0, 0.1) is 11.8 Å². The molecule has 0 bridgehead atoms. The summed E-state index contributed by atoms with van der Waals surface area (Å²) in [4.78, 5) is 31.6. The highest BCUT2D eigenvalue weighted by atomic mass is 32.1. The highest BCUT2D eigenvalue weighted by Gasteiger charge is 2.37. The van der Waals surface area contributed by atoms with Crippen LogP contribution in [-0.2, 0) is 9.59 Å². The molecule has 5 nitrogen and oxygen atoms in total. The average molecular weight is 372 g/mol. The van der Waals surface area contributed by atoms with Crippen molar-refractivity contribution in [2.45, 2.75) is 51.0 Å². The normalized spacial score (nSPS) is 24.3. The molecule has 138 valence electrons. The number of allylic oxidation sites excluding steroid dienone is 2. The summed E-state index contributed by atoms with van der Waals surface area (Å²) in [7, 11) is 0. The maximum atomic E-state index is 13.0. The van der Waals surface area contributed by atoms with Gasteiger partial charge < -0.3 is 10.2 Å². The molecule has 1 aliphatic heterocycles. The minimum atomic E-state index is -0.235. The lowest BCUT2D eigenvalue weighted by atomic mass is 9.84. The molecule has 6 heteroatoms. The highest BCUT2D eigenvalue weighted by molar-refractivity contribution is 7.13. The quantitative estimate of drug-likeness (QED) is 0.856. The monoisotopic (exact) mass is 371 g/mol. The van der Waals surface area contributed by atoms with E-state index in [1.165, 1.54) is 43.4 Å². The summed E-state index contributed by atoms with van der Waals surface area (Å²) in [6.45, 7) is 0.626. The van der Waals surface area contributed by atoms with E-state index < -0.39 is 0 Å². The van der Waals surface area contributed by atoms with Gasteiger partial charge in [0.2, 0.25) is 5.91 Å². The van der Waals surface area contributed by atoms with Crippen molar-refractivity contribution in [2.24, 2.45) is 11.8 Å². The van der Waals surface area contributed by atoms with Gasteiger partial charge in [-0.25, -0.2) is 4.98 Å². The second-order valence-electron chi connectivity index (χ2n) is 7.53. The van der Waals surface area contributed by atoms with E-state index in [0.29, 0.717) is 24.0 Å². The van der Waals surface area contributed by atoms with Crippen LogP contribution >= 0.6 is 11.3 Å². The molecule has 2 atom stereocenters. The fourth-order valence-corrected chi connectivity index (χ4v) is 4.91. The van der Waals surface area contributed by atoms with E-state index in [9.17, 15) is 9.59 Å². The number of nitrogens with zero attached hydrogens (tertiary/aromatic N) is 2. The first-order valence-corrected chi connectivity index (χ1v) is 10.5. The molecule has 1 N–H and O–H groups in total. The van der Waals surface area contributed by atoms with Crippen molar-refractivity contribution in [3.63, 3.8) is 0 Å². The molecule has 1 aromatic heterocycles. The van der Waals surface area contributed by atoms with Crippen LogP contribution in [0.3, 0.4) is 0 Å². The number of carbonyl (C=O) groups excluding carboxylic acids is 2. The molecule has 0 aromatic carbocycles. The van der Waals surface area contributed by atoms with Crippen LogP contribution in [-0.4, -0.2) is 34.2 Å². The number of Topliss-reactive ketones (excluding diaryl/α,β-unsaturated/α-hetero) is 1. The van der Waals surface area contributed by atoms with Gasteiger partial charge in [-0.15, -0.1) is 11.3 Å². The molecule has 1 fully saturated rings.